The van der Waals surface area contributed by atoms with E-state index in [0.29, 0.717) is 18.4 Å². The summed E-state index contributed by atoms with van der Waals surface area (Å²) in [7, 11) is 0. The Morgan fingerprint density at radius 3 is 2.62 bits per heavy atom. The number of aromatic nitrogens is 2. The second kappa shape index (κ2) is 9.11. The number of benzene rings is 1. The molecule has 168 valence electrons. The van der Waals surface area contributed by atoms with Gasteiger partial charge in [-0.3, -0.25) is 4.90 Å². The van der Waals surface area contributed by atoms with E-state index in [1.807, 2.05) is 0 Å². The zero-order chi connectivity index (χ0) is 22.1. The number of rotatable bonds is 5. The summed E-state index contributed by atoms with van der Waals surface area (Å²) >= 11 is 1.77. The van der Waals surface area contributed by atoms with Crippen molar-refractivity contribution in [2.24, 2.45) is 0 Å². The van der Waals surface area contributed by atoms with Crippen LogP contribution in [-0.4, -0.2) is 34.5 Å². The van der Waals surface area contributed by atoms with E-state index < -0.39 is 11.6 Å². The zero-order valence-corrected chi connectivity index (χ0v) is 18.9. The van der Waals surface area contributed by atoms with Gasteiger partial charge in [-0.15, -0.1) is 11.3 Å². The summed E-state index contributed by atoms with van der Waals surface area (Å²) in [5.74, 6) is -0.483. The van der Waals surface area contributed by atoms with Crippen LogP contribution in [0.4, 0.5) is 14.7 Å². The molecule has 4 heterocycles. The normalized spacial score (nSPS) is 16.8. The molecule has 5 nitrogen and oxygen atoms in total. The number of anilines is 1. The van der Waals surface area contributed by atoms with Crippen LogP contribution in [0.2, 0.25) is 0 Å². The molecule has 3 aromatic rings. The van der Waals surface area contributed by atoms with Crippen molar-refractivity contribution in [3.8, 4) is 11.6 Å². The number of piperidine rings is 1. The molecule has 0 unspecified atom stereocenters. The monoisotopic (exact) mass is 456 g/mol. The van der Waals surface area contributed by atoms with Gasteiger partial charge in [-0.05, 0) is 55.3 Å². The van der Waals surface area contributed by atoms with Crippen molar-refractivity contribution in [3.63, 3.8) is 0 Å². The molecule has 8 heteroatoms. The molecule has 0 atom stereocenters. The van der Waals surface area contributed by atoms with Crippen molar-refractivity contribution in [2.45, 2.75) is 45.7 Å². The second-order valence-corrected chi connectivity index (χ2v) is 9.47. The van der Waals surface area contributed by atoms with Gasteiger partial charge in [0.05, 0.1) is 11.3 Å². The van der Waals surface area contributed by atoms with Crippen molar-refractivity contribution < 1.29 is 13.5 Å². The first-order valence-corrected chi connectivity index (χ1v) is 12.0. The van der Waals surface area contributed by atoms with Crippen molar-refractivity contribution in [1.82, 2.24) is 14.9 Å². The Hall–Kier alpha value is -2.58. The van der Waals surface area contributed by atoms with Crippen LogP contribution in [0.3, 0.4) is 0 Å². The highest BCUT2D eigenvalue weighted by molar-refractivity contribution is 7.10. The minimum Gasteiger partial charge on any atom is -0.438 e. The van der Waals surface area contributed by atoms with E-state index in [4.69, 9.17) is 14.7 Å². The van der Waals surface area contributed by atoms with Crippen LogP contribution >= 0.6 is 11.3 Å². The van der Waals surface area contributed by atoms with E-state index in [1.165, 1.54) is 22.9 Å². The summed E-state index contributed by atoms with van der Waals surface area (Å²) in [5, 5.41) is 2.12. The first-order valence-electron chi connectivity index (χ1n) is 11.1. The highest BCUT2D eigenvalue weighted by Crippen LogP contribution is 2.33. The van der Waals surface area contributed by atoms with E-state index in [9.17, 15) is 8.78 Å². The molecular weight excluding hydrogens is 430 g/mol. The molecule has 1 fully saturated rings. The van der Waals surface area contributed by atoms with Crippen molar-refractivity contribution in [3.05, 3.63) is 63.0 Å². The third-order valence-corrected chi connectivity index (χ3v) is 7.18. The molecule has 2 aliphatic rings. The van der Waals surface area contributed by atoms with Crippen LogP contribution < -0.4 is 9.64 Å². The van der Waals surface area contributed by atoms with Gasteiger partial charge in [-0.2, -0.15) is 4.98 Å². The molecule has 0 saturated carbocycles. The SMILES string of the molecule is Cc1ccsc1CN1CCc2nc(N3CCCCC3)nc(Oc3ccc(F)c(F)c3)c2C1. The summed E-state index contributed by atoms with van der Waals surface area (Å²) in [5.41, 5.74) is 3.21. The lowest BCUT2D eigenvalue weighted by Crippen LogP contribution is -2.34. The summed E-state index contributed by atoms with van der Waals surface area (Å²) in [6.07, 6.45) is 4.26. The molecular formula is C24H26F2N4OS. The predicted molar refractivity (Wildman–Crippen MR) is 121 cm³/mol. The summed E-state index contributed by atoms with van der Waals surface area (Å²) in [6, 6.07) is 5.72. The average Bonchev–Trinajstić information content (AvgIpc) is 3.21. The van der Waals surface area contributed by atoms with E-state index in [1.54, 1.807) is 11.3 Å². The quantitative estimate of drug-likeness (QED) is 0.510. The molecule has 0 amide bonds. The van der Waals surface area contributed by atoms with Crippen LogP contribution in [0.25, 0.3) is 0 Å². The smallest absolute Gasteiger partial charge is 0.228 e. The Bertz CT molecular complexity index is 1110. The van der Waals surface area contributed by atoms with Gasteiger partial charge in [-0.25, -0.2) is 13.8 Å². The summed E-state index contributed by atoms with van der Waals surface area (Å²) < 4.78 is 33.3. The molecule has 0 radical (unpaired) electrons. The fourth-order valence-corrected chi connectivity index (χ4v) is 5.25. The van der Waals surface area contributed by atoms with E-state index >= 15 is 0 Å². The van der Waals surface area contributed by atoms with Gasteiger partial charge in [0, 0.05) is 50.1 Å². The Balaban J connectivity index is 1.47. The minimum atomic E-state index is -0.934. The van der Waals surface area contributed by atoms with E-state index in [-0.39, 0.29) is 5.75 Å². The zero-order valence-electron chi connectivity index (χ0n) is 18.1. The standard InChI is InChI=1S/C24H26F2N4OS/c1-16-8-12-32-22(16)15-29-11-7-21-18(14-29)23(31-17-5-6-19(25)20(26)13-17)28-24(27-21)30-9-3-2-4-10-30/h5-6,8,12-13H,2-4,7,9-11,14-15H2,1H3. The fraction of sp³-hybridized carbons (Fsp3) is 0.417. The van der Waals surface area contributed by atoms with Gasteiger partial charge < -0.3 is 9.64 Å². The van der Waals surface area contributed by atoms with Crippen LogP contribution in [0, 0.1) is 18.6 Å². The number of thiophene rings is 1. The second-order valence-electron chi connectivity index (χ2n) is 8.47. The molecule has 1 aromatic carbocycles. The first kappa shape index (κ1) is 21.3. The van der Waals surface area contributed by atoms with Crippen molar-refractivity contribution in [1.29, 1.82) is 0 Å². The Morgan fingerprint density at radius 2 is 1.88 bits per heavy atom. The van der Waals surface area contributed by atoms with Crippen molar-refractivity contribution in [2.75, 3.05) is 24.5 Å². The minimum absolute atomic E-state index is 0.237. The number of aryl methyl sites for hydroxylation is 1. The lowest BCUT2D eigenvalue weighted by molar-refractivity contribution is 0.239. The van der Waals surface area contributed by atoms with E-state index in [0.717, 1.165) is 68.8 Å². The maximum absolute atomic E-state index is 13.8. The third-order valence-electron chi connectivity index (χ3n) is 6.17. The summed E-state index contributed by atoms with van der Waals surface area (Å²) in [6.45, 7) is 6.41. The van der Waals surface area contributed by atoms with Crippen LogP contribution in [0.15, 0.2) is 29.6 Å². The molecule has 2 aromatic heterocycles. The largest absolute Gasteiger partial charge is 0.438 e. The van der Waals surface area contributed by atoms with Crippen LogP contribution in [-0.2, 0) is 19.5 Å². The Morgan fingerprint density at radius 1 is 1.03 bits per heavy atom. The van der Waals surface area contributed by atoms with Gasteiger partial charge in [0.15, 0.2) is 11.6 Å². The van der Waals surface area contributed by atoms with Crippen LogP contribution in [0.1, 0.15) is 41.0 Å². The van der Waals surface area contributed by atoms with Gasteiger partial charge in [0.1, 0.15) is 5.75 Å². The number of hydrogen-bond acceptors (Lipinski definition) is 6. The average molecular weight is 457 g/mol. The lowest BCUT2D eigenvalue weighted by Gasteiger charge is -2.31. The van der Waals surface area contributed by atoms with Gasteiger partial charge in [0.2, 0.25) is 11.8 Å². The molecule has 0 N–H and O–H groups in total. The molecule has 5 rings (SSSR count). The van der Waals surface area contributed by atoms with Gasteiger partial charge in [-0.1, -0.05) is 0 Å². The van der Waals surface area contributed by atoms with Gasteiger partial charge in [0.25, 0.3) is 0 Å². The molecule has 0 spiro atoms. The van der Waals surface area contributed by atoms with Crippen LogP contribution in [0.5, 0.6) is 11.6 Å². The molecule has 0 bridgehead atoms. The molecule has 1 saturated heterocycles. The highest BCUT2D eigenvalue weighted by atomic mass is 32.1. The van der Waals surface area contributed by atoms with Gasteiger partial charge >= 0.3 is 0 Å². The fourth-order valence-electron chi connectivity index (χ4n) is 4.30. The lowest BCUT2D eigenvalue weighted by atomic mass is 10.1. The number of nitrogens with zero attached hydrogens (tertiary/aromatic N) is 4. The predicted octanol–water partition coefficient (Wildman–Crippen LogP) is 5.47. The Kier molecular flexibility index (Phi) is 6.06. The first-order chi connectivity index (χ1) is 15.6. The number of hydrogen-bond donors (Lipinski definition) is 0. The maximum Gasteiger partial charge on any atom is 0.228 e. The molecule has 2 aliphatic heterocycles. The Labute approximate surface area is 190 Å². The summed E-state index contributed by atoms with van der Waals surface area (Å²) in [4.78, 5) is 15.6. The highest BCUT2D eigenvalue weighted by Gasteiger charge is 2.26. The molecule has 0 aliphatic carbocycles. The van der Waals surface area contributed by atoms with Crippen molar-refractivity contribution >= 4 is 17.3 Å². The third kappa shape index (κ3) is 4.47. The molecule has 32 heavy (non-hydrogen) atoms. The topological polar surface area (TPSA) is 41.5 Å². The maximum atomic E-state index is 13.8. The number of halogens is 2. The van der Waals surface area contributed by atoms with E-state index in [2.05, 4.69) is 28.2 Å². The number of fused-ring (bicyclic) bond motifs is 1. The number of ether oxygens (including phenoxy) is 1.